The summed E-state index contributed by atoms with van der Waals surface area (Å²) in [5.74, 6) is 0.831. The van der Waals surface area contributed by atoms with Crippen LogP contribution in [0.1, 0.15) is 18.1 Å². The number of anilines is 2. The predicted molar refractivity (Wildman–Crippen MR) is 75.5 cm³/mol. The van der Waals surface area contributed by atoms with E-state index in [1.165, 1.54) is 11.1 Å². The summed E-state index contributed by atoms with van der Waals surface area (Å²) in [7, 11) is 3.89. The second-order valence-corrected chi connectivity index (χ2v) is 4.61. The van der Waals surface area contributed by atoms with Crippen LogP contribution in [0, 0.1) is 0 Å². The largest absolute Gasteiger partial charge is 0.394 e. The number of nitrogen functional groups attached to an aromatic ring is 1. The maximum absolute atomic E-state index is 5.92. The number of aryl methyl sites for hydroxylation is 2. The first-order valence-electron chi connectivity index (χ1n) is 6.18. The van der Waals surface area contributed by atoms with E-state index in [0.717, 1.165) is 18.8 Å². The van der Waals surface area contributed by atoms with Gasteiger partial charge in [-0.25, -0.2) is 0 Å². The van der Waals surface area contributed by atoms with Gasteiger partial charge in [0.15, 0.2) is 5.82 Å². The number of hydrogen-bond donors (Lipinski definition) is 1. The van der Waals surface area contributed by atoms with Crippen molar-refractivity contribution in [1.29, 1.82) is 0 Å². The van der Waals surface area contributed by atoms with Gasteiger partial charge in [-0.05, 0) is 17.5 Å². The van der Waals surface area contributed by atoms with Gasteiger partial charge in [-0.15, -0.1) is 0 Å². The second-order valence-electron chi connectivity index (χ2n) is 4.61. The van der Waals surface area contributed by atoms with Crippen LogP contribution in [0.2, 0.25) is 0 Å². The van der Waals surface area contributed by atoms with Crippen molar-refractivity contribution >= 4 is 11.5 Å². The molecule has 0 bridgehead atoms. The van der Waals surface area contributed by atoms with E-state index < -0.39 is 0 Å². The maximum atomic E-state index is 5.92. The number of hydrogen-bond acceptors (Lipinski definition) is 3. The molecule has 1 aromatic carbocycles. The van der Waals surface area contributed by atoms with Crippen LogP contribution in [0.4, 0.5) is 11.5 Å². The van der Waals surface area contributed by atoms with Gasteiger partial charge in [-0.2, -0.15) is 5.10 Å². The molecule has 0 saturated heterocycles. The molecule has 0 aliphatic carbocycles. The Balaban J connectivity index is 2.10. The van der Waals surface area contributed by atoms with Gasteiger partial charge in [0.05, 0.1) is 5.69 Å². The van der Waals surface area contributed by atoms with E-state index in [4.69, 9.17) is 5.73 Å². The molecule has 0 atom stereocenters. The van der Waals surface area contributed by atoms with Crippen molar-refractivity contribution in [3.63, 3.8) is 0 Å². The minimum atomic E-state index is 0.713. The molecule has 4 heteroatoms. The van der Waals surface area contributed by atoms with Crippen molar-refractivity contribution in [1.82, 2.24) is 9.78 Å². The van der Waals surface area contributed by atoms with Gasteiger partial charge in [0.1, 0.15) is 0 Å². The highest BCUT2D eigenvalue weighted by molar-refractivity contribution is 5.61. The summed E-state index contributed by atoms with van der Waals surface area (Å²) < 4.78 is 1.74. The third-order valence-electron chi connectivity index (χ3n) is 3.05. The van der Waals surface area contributed by atoms with Crippen LogP contribution in [0.25, 0.3) is 0 Å². The molecule has 96 valence electrons. The van der Waals surface area contributed by atoms with Crippen LogP contribution >= 0.6 is 0 Å². The SMILES string of the molecule is CCc1ccc(CN(C)c2nn(C)cc2N)cc1. The molecular formula is C14H20N4. The van der Waals surface area contributed by atoms with Crippen molar-refractivity contribution in [3.05, 3.63) is 41.6 Å². The number of nitrogens with two attached hydrogens (primary N) is 1. The molecule has 0 fully saturated rings. The molecular weight excluding hydrogens is 224 g/mol. The van der Waals surface area contributed by atoms with Gasteiger partial charge in [0.2, 0.25) is 0 Å². The van der Waals surface area contributed by atoms with E-state index in [0.29, 0.717) is 5.69 Å². The van der Waals surface area contributed by atoms with Crippen LogP contribution < -0.4 is 10.6 Å². The quantitative estimate of drug-likeness (QED) is 0.897. The lowest BCUT2D eigenvalue weighted by Gasteiger charge is -2.17. The third kappa shape index (κ3) is 2.64. The average Bonchev–Trinajstić information content (AvgIpc) is 2.69. The van der Waals surface area contributed by atoms with Crippen molar-refractivity contribution in [2.75, 3.05) is 17.7 Å². The molecule has 2 aromatic rings. The molecule has 0 amide bonds. The Hall–Kier alpha value is -1.97. The number of nitrogens with zero attached hydrogens (tertiary/aromatic N) is 3. The van der Waals surface area contributed by atoms with E-state index in [1.54, 1.807) is 4.68 Å². The summed E-state index contributed by atoms with van der Waals surface area (Å²) >= 11 is 0. The topological polar surface area (TPSA) is 47.1 Å². The standard InChI is InChI=1S/C14H20N4/c1-4-11-5-7-12(8-6-11)9-17(2)14-13(15)10-18(3)16-14/h5-8,10H,4,9,15H2,1-3H3. The smallest absolute Gasteiger partial charge is 0.173 e. The Kier molecular flexibility index (Phi) is 3.55. The lowest BCUT2D eigenvalue weighted by atomic mass is 10.1. The highest BCUT2D eigenvalue weighted by atomic mass is 15.3. The zero-order valence-electron chi connectivity index (χ0n) is 11.2. The van der Waals surface area contributed by atoms with Crippen molar-refractivity contribution < 1.29 is 0 Å². The molecule has 1 heterocycles. The summed E-state index contributed by atoms with van der Waals surface area (Å²) in [6.07, 6.45) is 2.90. The fraction of sp³-hybridized carbons (Fsp3) is 0.357. The minimum Gasteiger partial charge on any atom is -0.394 e. The first kappa shape index (κ1) is 12.5. The molecule has 0 radical (unpaired) electrons. The Bertz CT molecular complexity index is 513. The molecule has 0 aliphatic rings. The summed E-state index contributed by atoms with van der Waals surface area (Å²) in [5, 5.41) is 4.36. The molecule has 2 rings (SSSR count). The van der Waals surface area contributed by atoms with Crippen molar-refractivity contribution in [3.8, 4) is 0 Å². The summed E-state index contributed by atoms with van der Waals surface area (Å²) in [5.41, 5.74) is 9.25. The molecule has 2 N–H and O–H groups in total. The average molecular weight is 244 g/mol. The predicted octanol–water partition coefficient (Wildman–Crippen LogP) is 2.20. The number of aromatic nitrogens is 2. The van der Waals surface area contributed by atoms with Crippen LogP contribution in [-0.4, -0.2) is 16.8 Å². The van der Waals surface area contributed by atoms with Gasteiger partial charge in [-0.1, -0.05) is 31.2 Å². The van der Waals surface area contributed by atoms with E-state index in [2.05, 4.69) is 41.2 Å². The Labute approximate surface area is 108 Å². The normalized spacial score (nSPS) is 10.6. The van der Waals surface area contributed by atoms with Crippen molar-refractivity contribution in [2.24, 2.45) is 7.05 Å². The third-order valence-corrected chi connectivity index (χ3v) is 3.05. The molecule has 1 aromatic heterocycles. The summed E-state index contributed by atoms with van der Waals surface area (Å²) in [4.78, 5) is 2.07. The highest BCUT2D eigenvalue weighted by Gasteiger charge is 2.09. The molecule has 0 saturated carbocycles. The van der Waals surface area contributed by atoms with E-state index in [1.807, 2.05) is 20.3 Å². The van der Waals surface area contributed by atoms with Gasteiger partial charge < -0.3 is 10.6 Å². The number of rotatable bonds is 4. The van der Waals surface area contributed by atoms with Crippen LogP contribution in [0.5, 0.6) is 0 Å². The molecule has 0 unspecified atom stereocenters. The van der Waals surface area contributed by atoms with Crippen LogP contribution in [0.15, 0.2) is 30.5 Å². The van der Waals surface area contributed by atoms with Crippen LogP contribution in [-0.2, 0) is 20.0 Å². The highest BCUT2D eigenvalue weighted by Crippen LogP contribution is 2.20. The van der Waals surface area contributed by atoms with Crippen LogP contribution in [0.3, 0.4) is 0 Å². The van der Waals surface area contributed by atoms with Gasteiger partial charge in [0, 0.05) is 26.8 Å². The minimum absolute atomic E-state index is 0.713. The lowest BCUT2D eigenvalue weighted by Crippen LogP contribution is -2.18. The zero-order chi connectivity index (χ0) is 13.1. The van der Waals surface area contributed by atoms with E-state index >= 15 is 0 Å². The molecule has 4 nitrogen and oxygen atoms in total. The summed E-state index contributed by atoms with van der Waals surface area (Å²) in [6.45, 7) is 2.97. The monoisotopic (exact) mass is 244 g/mol. The fourth-order valence-corrected chi connectivity index (χ4v) is 2.02. The Morgan fingerprint density at radius 2 is 1.83 bits per heavy atom. The van der Waals surface area contributed by atoms with E-state index in [9.17, 15) is 0 Å². The van der Waals surface area contributed by atoms with E-state index in [-0.39, 0.29) is 0 Å². The fourth-order valence-electron chi connectivity index (χ4n) is 2.02. The van der Waals surface area contributed by atoms with Gasteiger partial charge in [0.25, 0.3) is 0 Å². The van der Waals surface area contributed by atoms with Gasteiger partial charge in [-0.3, -0.25) is 4.68 Å². The second kappa shape index (κ2) is 5.12. The lowest BCUT2D eigenvalue weighted by molar-refractivity contribution is 0.752. The first-order valence-corrected chi connectivity index (χ1v) is 6.18. The molecule has 18 heavy (non-hydrogen) atoms. The molecule has 0 aliphatic heterocycles. The first-order chi connectivity index (χ1) is 8.60. The Morgan fingerprint density at radius 1 is 1.22 bits per heavy atom. The number of benzene rings is 1. The molecule has 0 spiro atoms. The maximum Gasteiger partial charge on any atom is 0.173 e. The van der Waals surface area contributed by atoms with Crippen molar-refractivity contribution in [2.45, 2.75) is 19.9 Å². The van der Waals surface area contributed by atoms with Gasteiger partial charge >= 0.3 is 0 Å². The Morgan fingerprint density at radius 3 is 2.33 bits per heavy atom. The zero-order valence-corrected chi connectivity index (χ0v) is 11.2. The summed E-state index contributed by atoms with van der Waals surface area (Å²) in [6, 6.07) is 8.67.